The monoisotopic (exact) mass is 805 g/mol. The van der Waals surface area contributed by atoms with E-state index in [2.05, 4.69) is 5.32 Å². The summed E-state index contributed by atoms with van der Waals surface area (Å²) in [5.74, 6) is -5.59. The molecule has 7 rings (SSSR count). The minimum absolute atomic E-state index is 0.0605. The molecule has 312 valence electrons. The van der Waals surface area contributed by atoms with Crippen molar-refractivity contribution in [2.45, 2.75) is 104 Å². The summed E-state index contributed by atoms with van der Waals surface area (Å²) in [6, 6.07) is 25.5. The highest BCUT2D eigenvalue weighted by atomic mass is 16.6. The molecule has 1 heterocycles. The Hall–Kier alpha value is -5.13. The van der Waals surface area contributed by atoms with E-state index in [9.17, 15) is 24.3 Å². The number of aliphatic hydroxyl groups is 1. The van der Waals surface area contributed by atoms with E-state index in [1.165, 1.54) is 6.92 Å². The lowest BCUT2D eigenvalue weighted by Gasteiger charge is -2.68. The van der Waals surface area contributed by atoms with Gasteiger partial charge in [-0.2, -0.15) is 0 Å². The van der Waals surface area contributed by atoms with Crippen LogP contribution in [0.4, 0.5) is 0 Å². The molecule has 0 unspecified atom stereocenters. The molecule has 3 aromatic rings. The molecule has 11 heteroatoms. The Morgan fingerprint density at radius 1 is 0.864 bits per heavy atom. The maximum Gasteiger partial charge on any atom is 0.338 e. The fourth-order valence-electron chi connectivity index (χ4n) is 10.9. The Balaban J connectivity index is 1.34. The predicted octanol–water partition coefficient (Wildman–Crippen LogP) is 6.99. The van der Waals surface area contributed by atoms with Gasteiger partial charge in [-0.15, -0.1) is 0 Å². The Morgan fingerprint density at radius 2 is 1.44 bits per heavy atom. The van der Waals surface area contributed by atoms with Crippen LogP contribution < -0.4 is 5.32 Å². The lowest BCUT2D eigenvalue weighted by molar-refractivity contribution is -0.339. The second kappa shape index (κ2) is 15.5. The standard InChI is InChI=1S/C48H55NO10/c1-27-24-36-47(26-56-36,59-31(5)50)39-41(58-44(54)34-22-16-11-17-23-34)48(55)25-35(28(2)37(45(48,6)7)29(3)40(51)46(27,39)8)57-43(53)30(4)38(32-18-12-9-13-19-32)49-42(52)33-20-14-10-15-21-33/h9-23,27,29-30,35-36,38-39,41,55H,24-26H2,1-8H3,(H,49,52)/t27-,29+,30+,35-,36+,38+,39-,41-,46+,47-,48+/m0/s1. The quantitative estimate of drug-likeness (QED) is 0.131. The van der Waals surface area contributed by atoms with E-state index < -0.39 is 82.0 Å². The van der Waals surface area contributed by atoms with Crippen molar-refractivity contribution in [3.05, 3.63) is 119 Å². The number of esters is 3. The molecular formula is C48H55NO10. The van der Waals surface area contributed by atoms with Crippen LogP contribution in [0.3, 0.4) is 0 Å². The minimum Gasteiger partial charge on any atom is -0.457 e. The van der Waals surface area contributed by atoms with Gasteiger partial charge in [0, 0.05) is 35.7 Å². The van der Waals surface area contributed by atoms with E-state index in [0.717, 1.165) is 0 Å². The van der Waals surface area contributed by atoms with Crippen LogP contribution in [0.5, 0.6) is 0 Å². The average molecular weight is 806 g/mol. The third-order valence-corrected chi connectivity index (χ3v) is 14.3. The van der Waals surface area contributed by atoms with Gasteiger partial charge in [-0.1, -0.05) is 101 Å². The van der Waals surface area contributed by atoms with Crippen molar-refractivity contribution in [3.63, 3.8) is 0 Å². The molecule has 59 heavy (non-hydrogen) atoms. The van der Waals surface area contributed by atoms with Gasteiger partial charge in [-0.05, 0) is 67.2 Å². The minimum atomic E-state index is -1.99. The molecule has 11 atom stereocenters. The highest BCUT2D eigenvalue weighted by Gasteiger charge is 2.77. The lowest BCUT2D eigenvalue weighted by Crippen LogP contribution is -2.80. The molecule has 0 spiro atoms. The normalized spacial score (nSPS) is 33.0. The van der Waals surface area contributed by atoms with Crippen LogP contribution in [0.1, 0.15) is 101 Å². The highest BCUT2D eigenvalue weighted by molar-refractivity contribution is 5.95. The van der Waals surface area contributed by atoms with Gasteiger partial charge in [0.1, 0.15) is 29.7 Å². The van der Waals surface area contributed by atoms with Gasteiger partial charge in [-0.3, -0.25) is 19.2 Å². The molecule has 4 aliphatic rings. The Bertz CT molecular complexity index is 2150. The van der Waals surface area contributed by atoms with Crippen molar-refractivity contribution in [2.24, 2.45) is 34.5 Å². The molecule has 0 radical (unpaired) electrons. The molecule has 2 saturated carbocycles. The molecule has 0 aromatic heterocycles. The van der Waals surface area contributed by atoms with E-state index in [4.69, 9.17) is 18.9 Å². The summed E-state index contributed by atoms with van der Waals surface area (Å²) in [6.45, 7) is 14.0. The number of amides is 1. The van der Waals surface area contributed by atoms with Crippen LogP contribution in [-0.2, 0) is 33.3 Å². The summed E-state index contributed by atoms with van der Waals surface area (Å²) < 4.78 is 25.3. The first kappa shape index (κ1) is 42.0. The maximum absolute atomic E-state index is 15.4. The van der Waals surface area contributed by atoms with E-state index in [1.54, 1.807) is 61.5 Å². The third-order valence-electron chi connectivity index (χ3n) is 14.3. The van der Waals surface area contributed by atoms with E-state index in [1.807, 2.05) is 77.9 Å². The fourth-order valence-corrected chi connectivity index (χ4v) is 10.9. The molecule has 2 bridgehead atoms. The van der Waals surface area contributed by atoms with E-state index in [0.29, 0.717) is 28.7 Å². The molecule has 3 aromatic carbocycles. The summed E-state index contributed by atoms with van der Waals surface area (Å²) in [5, 5.41) is 16.8. The van der Waals surface area contributed by atoms with Crippen LogP contribution in [0.25, 0.3) is 0 Å². The number of ether oxygens (including phenoxy) is 4. The number of hydrogen-bond donors (Lipinski definition) is 2. The van der Waals surface area contributed by atoms with Crippen molar-refractivity contribution in [3.8, 4) is 0 Å². The average Bonchev–Trinajstić information content (AvgIpc) is 3.21. The van der Waals surface area contributed by atoms with Gasteiger partial charge in [-0.25, -0.2) is 4.79 Å². The predicted molar refractivity (Wildman–Crippen MR) is 218 cm³/mol. The largest absolute Gasteiger partial charge is 0.457 e. The number of Topliss-reactive ketones (excluding diaryl/α,β-unsaturated/α-hetero) is 1. The number of hydrogen-bond acceptors (Lipinski definition) is 10. The number of fused-ring (bicyclic) bond motifs is 5. The van der Waals surface area contributed by atoms with Gasteiger partial charge < -0.3 is 29.4 Å². The number of carbonyl (C=O) groups excluding carboxylic acids is 5. The zero-order valence-electron chi connectivity index (χ0n) is 35.0. The summed E-state index contributed by atoms with van der Waals surface area (Å²) in [4.78, 5) is 70.7. The number of nitrogens with one attached hydrogen (secondary N) is 1. The van der Waals surface area contributed by atoms with Gasteiger partial charge in [0.05, 0.1) is 30.0 Å². The first-order valence-corrected chi connectivity index (χ1v) is 20.5. The Labute approximate surface area is 345 Å². The second-order valence-corrected chi connectivity index (χ2v) is 17.8. The van der Waals surface area contributed by atoms with Gasteiger partial charge in [0.25, 0.3) is 5.91 Å². The van der Waals surface area contributed by atoms with E-state index in [-0.39, 0.29) is 36.2 Å². The van der Waals surface area contributed by atoms with Crippen LogP contribution in [-0.4, -0.2) is 70.8 Å². The maximum atomic E-state index is 15.4. The summed E-state index contributed by atoms with van der Waals surface area (Å²) >= 11 is 0. The highest BCUT2D eigenvalue weighted by Crippen LogP contribution is 2.66. The van der Waals surface area contributed by atoms with E-state index >= 15 is 4.79 Å². The summed E-state index contributed by atoms with van der Waals surface area (Å²) in [5.41, 5.74) is -3.37. The summed E-state index contributed by atoms with van der Waals surface area (Å²) in [7, 11) is 0. The SMILES string of the molecule is CC(=O)O[C@@]12CO[C@@H]1C[C@H](C)[C@@]1(C)C(=O)[C@H](C)C3=C(C)[C@@H](OC(=O)[C@H](C)[C@@H](NC(=O)c4ccccc4)c4ccccc4)C[C@@](O)([C@@H](OC(=O)c4ccccc4)[C@H]21)C3(C)C. The number of rotatable bonds is 9. The van der Waals surface area contributed by atoms with Gasteiger partial charge in [0.15, 0.2) is 5.60 Å². The third kappa shape index (κ3) is 6.80. The first-order valence-electron chi connectivity index (χ1n) is 20.5. The molecular weight excluding hydrogens is 751 g/mol. The second-order valence-electron chi connectivity index (χ2n) is 17.8. The van der Waals surface area contributed by atoms with Gasteiger partial charge >= 0.3 is 17.9 Å². The Kier molecular flexibility index (Phi) is 11.0. The first-order chi connectivity index (χ1) is 27.9. The van der Waals surface area contributed by atoms with Crippen LogP contribution >= 0.6 is 0 Å². The summed E-state index contributed by atoms with van der Waals surface area (Å²) in [6.07, 6.45) is -2.96. The number of ketones is 1. The van der Waals surface area contributed by atoms with Crippen LogP contribution in [0, 0.1) is 34.5 Å². The zero-order chi connectivity index (χ0) is 42.7. The molecule has 2 N–H and O–H groups in total. The van der Waals surface area contributed by atoms with Crippen molar-refractivity contribution in [1.29, 1.82) is 0 Å². The molecule has 3 aliphatic carbocycles. The molecule has 3 fully saturated rings. The zero-order valence-corrected chi connectivity index (χ0v) is 35.0. The van der Waals surface area contributed by atoms with Crippen molar-refractivity contribution >= 4 is 29.6 Å². The van der Waals surface area contributed by atoms with Crippen molar-refractivity contribution in [1.82, 2.24) is 5.32 Å². The lowest BCUT2D eigenvalue weighted by atomic mass is 9.42. The van der Waals surface area contributed by atoms with Gasteiger partial charge in [0.2, 0.25) is 0 Å². The Morgan fingerprint density at radius 3 is 2.00 bits per heavy atom. The van der Waals surface area contributed by atoms with Crippen LogP contribution in [0.15, 0.2) is 102 Å². The topological polar surface area (TPSA) is 155 Å². The molecule has 1 saturated heterocycles. The molecule has 1 amide bonds. The van der Waals surface area contributed by atoms with Crippen molar-refractivity contribution < 1.29 is 48.0 Å². The smallest absolute Gasteiger partial charge is 0.338 e. The number of benzene rings is 3. The number of carbonyl (C=O) groups is 5. The molecule has 1 aliphatic heterocycles. The molecule has 11 nitrogen and oxygen atoms in total. The van der Waals surface area contributed by atoms with Crippen molar-refractivity contribution in [2.75, 3.05) is 6.61 Å². The fraction of sp³-hybridized carbons (Fsp3) is 0.479. The van der Waals surface area contributed by atoms with Crippen LogP contribution in [0.2, 0.25) is 0 Å².